The van der Waals surface area contributed by atoms with E-state index in [0.717, 1.165) is 0 Å². The van der Waals surface area contributed by atoms with Crippen molar-refractivity contribution in [3.8, 4) is 0 Å². The maximum Gasteiger partial charge on any atom is 0.261 e. The van der Waals surface area contributed by atoms with Gasteiger partial charge in [-0.3, -0.25) is 14.3 Å². The van der Waals surface area contributed by atoms with E-state index in [2.05, 4.69) is 9.97 Å². The van der Waals surface area contributed by atoms with Gasteiger partial charge in [0.15, 0.2) is 11.9 Å². The summed E-state index contributed by atoms with van der Waals surface area (Å²) in [7, 11) is 0. The molecule has 0 spiro atoms. The molecule has 9 nitrogen and oxygen atoms in total. The molecule has 21 heavy (non-hydrogen) atoms. The molecular weight excluding hydrogens is 304 g/mol. The number of aromatic nitrogens is 3. The molecule has 0 bridgehead atoms. The third kappa shape index (κ3) is 2.10. The van der Waals surface area contributed by atoms with Crippen molar-refractivity contribution in [3.63, 3.8) is 0 Å². The van der Waals surface area contributed by atoms with Crippen LogP contribution in [0.25, 0.3) is 11.0 Å². The summed E-state index contributed by atoms with van der Waals surface area (Å²) in [6.07, 6.45) is -4.67. The Morgan fingerprint density at radius 1 is 1.48 bits per heavy atom. The van der Waals surface area contributed by atoms with Gasteiger partial charge in [-0.05, 0) is 6.07 Å². The lowest BCUT2D eigenvalue weighted by Gasteiger charge is -2.18. The van der Waals surface area contributed by atoms with Crippen molar-refractivity contribution in [1.82, 2.24) is 14.5 Å². The maximum atomic E-state index is 11.8. The quantitative estimate of drug-likeness (QED) is 0.456. The molecule has 0 radical (unpaired) electrons. The first-order valence-corrected chi connectivity index (χ1v) is 6.50. The summed E-state index contributed by atoms with van der Waals surface area (Å²) in [6.45, 7) is -0.471. The summed E-state index contributed by atoms with van der Waals surface area (Å²) in [5.74, 6) is -0.115. The SMILES string of the molecule is Nc1nc2c(cc(Cl)n2[C@@H]2O[C@H](CO)[C@@H](O)[C@H]2O)c(=O)[nH]1. The van der Waals surface area contributed by atoms with Crippen LogP contribution >= 0.6 is 11.6 Å². The number of aliphatic hydroxyl groups excluding tert-OH is 3. The molecule has 2 aromatic rings. The van der Waals surface area contributed by atoms with E-state index in [9.17, 15) is 15.0 Å². The highest BCUT2D eigenvalue weighted by molar-refractivity contribution is 6.30. The predicted octanol–water partition coefficient (Wildman–Crippen LogP) is -1.43. The Bertz CT molecular complexity index is 744. The number of aromatic amines is 1. The fourth-order valence-corrected chi connectivity index (χ4v) is 2.71. The molecule has 1 saturated heterocycles. The number of rotatable bonds is 2. The molecule has 3 heterocycles. The van der Waals surface area contributed by atoms with Crippen LogP contribution in [0.15, 0.2) is 10.9 Å². The smallest absolute Gasteiger partial charge is 0.261 e. The summed E-state index contributed by atoms with van der Waals surface area (Å²) >= 11 is 6.07. The number of nitrogens with two attached hydrogens (primary N) is 1. The van der Waals surface area contributed by atoms with Gasteiger partial charge in [0.05, 0.1) is 12.0 Å². The second-order valence-electron chi connectivity index (χ2n) is 4.75. The molecule has 1 fully saturated rings. The van der Waals surface area contributed by atoms with Crippen LogP contribution in [-0.4, -0.2) is 54.8 Å². The van der Waals surface area contributed by atoms with Crippen LogP contribution in [0.1, 0.15) is 6.23 Å². The topological polar surface area (TPSA) is 147 Å². The van der Waals surface area contributed by atoms with E-state index in [0.29, 0.717) is 0 Å². The van der Waals surface area contributed by atoms with Gasteiger partial charge >= 0.3 is 0 Å². The van der Waals surface area contributed by atoms with Gasteiger partial charge < -0.3 is 25.8 Å². The number of nitrogen functional groups attached to an aromatic ring is 1. The molecule has 2 aromatic heterocycles. The lowest BCUT2D eigenvalue weighted by molar-refractivity contribution is -0.0507. The van der Waals surface area contributed by atoms with Gasteiger partial charge in [-0.2, -0.15) is 4.98 Å². The van der Waals surface area contributed by atoms with Crippen LogP contribution in [0.4, 0.5) is 5.95 Å². The summed E-state index contributed by atoms with van der Waals surface area (Å²) in [5.41, 5.74) is 5.14. The number of anilines is 1. The average molecular weight is 317 g/mol. The fourth-order valence-electron chi connectivity index (χ4n) is 2.43. The van der Waals surface area contributed by atoms with Crippen molar-refractivity contribution in [3.05, 3.63) is 21.6 Å². The summed E-state index contributed by atoms with van der Waals surface area (Å²) < 4.78 is 6.64. The van der Waals surface area contributed by atoms with Gasteiger partial charge in [0, 0.05) is 0 Å². The number of aliphatic hydroxyl groups is 3. The molecule has 1 aliphatic rings. The second kappa shape index (κ2) is 4.97. The minimum Gasteiger partial charge on any atom is -0.394 e. The highest BCUT2D eigenvalue weighted by Crippen LogP contribution is 2.34. The maximum absolute atomic E-state index is 11.8. The van der Waals surface area contributed by atoms with E-state index in [4.69, 9.17) is 27.2 Å². The van der Waals surface area contributed by atoms with Crippen LogP contribution in [0, 0.1) is 0 Å². The number of halogens is 1. The van der Waals surface area contributed by atoms with Crippen LogP contribution < -0.4 is 11.3 Å². The number of H-pyrrole nitrogens is 1. The molecule has 0 aromatic carbocycles. The lowest BCUT2D eigenvalue weighted by Crippen LogP contribution is -2.33. The zero-order chi connectivity index (χ0) is 15.3. The zero-order valence-corrected chi connectivity index (χ0v) is 11.4. The number of fused-ring (bicyclic) bond motifs is 1. The van der Waals surface area contributed by atoms with Crippen LogP contribution in [0.5, 0.6) is 0 Å². The molecule has 6 N–H and O–H groups in total. The minimum absolute atomic E-state index is 0.0865. The molecule has 0 saturated carbocycles. The summed E-state index contributed by atoms with van der Waals surface area (Å²) in [5, 5.41) is 29.2. The molecule has 1 aliphatic heterocycles. The third-order valence-corrected chi connectivity index (χ3v) is 3.74. The van der Waals surface area contributed by atoms with Gasteiger partial charge in [-0.15, -0.1) is 0 Å². The average Bonchev–Trinajstić information content (AvgIpc) is 2.89. The predicted molar refractivity (Wildman–Crippen MR) is 72.8 cm³/mol. The van der Waals surface area contributed by atoms with E-state index in [1.165, 1.54) is 10.6 Å². The minimum atomic E-state index is -1.34. The van der Waals surface area contributed by atoms with Crippen LogP contribution in [0.2, 0.25) is 5.15 Å². The first-order chi connectivity index (χ1) is 9.93. The zero-order valence-electron chi connectivity index (χ0n) is 10.6. The van der Waals surface area contributed by atoms with E-state index in [1.54, 1.807) is 0 Å². The monoisotopic (exact) mass is 316 g/mol. The molecule has 3 rings (SSSR count). The van der Waals surface area contributed by atoms with Crippen molar-refractivity contribution in [1.29, 1.82) is 0 Å². The first-order valence-electron chi connectivity index (χ1n) is 6.12. The van der Waals surface area contributed by atoms with Crippen molar-refractivity contribution in [2.45, 2.75) is 24.5 Å². The van der Waals surface area contributed by atoms with Gasteiger partial charge in [0.2, 0.25) is 5.95 Å². The molecular formula is C11H13ClN4O5. The van der Waals surface area contributed by atoms with Gasteiger partial charge in [0.25, 0.3) is 5.56 Å². The summed E-state index contributed by atoms with van der Waals surface area (Å²) in [4.78, 5) is 18.1. The molecule has 4 atom stereocenters. The molecule has 0 unspecified atom stereocenters. The van der Waals surface area contributed by atoms with E-state index in [1.807, 2.05) is 0 Å². The van der Waals surface area contributed by atoms with Crippen molar-refractivity contribution < 1.29 is 20.1 Å². The van der Waals surface area contributed by atoms with E-state index < -0.39 is 36.7 Å². The number of nitrogens with one attached hydrogen (secondary N) is 1. The number of hydrogen-bond acceptors (Lipinski definition) is 7. The number of ether oxygens (including phenoxy) is 1. The highest BCUT2D eigenvalue weighted by Gasteiger charge is 2.44. The Hall–Kier alpha value is -1.65. The Labute approximate surface area is 122 Å². The molecule has 0 aliphatic carbocycles. The van der Waals surface area contributed by atoms with E-state index >= 15 is 0 Å². The van der Waals surface area contributed by atoms with Gasteiger partial charge in [-0.1, -0.05) is 11.6 Å². The molecule has 0 amide bonds. The standard InChI is InChI=1S/C11H13ClN4O5/c12-5-1-3-8(14-11(13)15-9(3)20)16(5)10-7(19)6(18)4(2-17)21-10/h1,4,6-7,10,17-19H,2H2,(H3,13,14,15,20)/t4-,6-,7-,10-/m1/s1. The Morgan fingerprint density at radius 3 is 2.81 bits per heavy atom. The Morgan fingerprint density at radius 2 is 2.19 bits per heavy atom. The Kier molecular flexibility index (Phi) is 3.38. The molecule has 10 heteroatoms. The van der Waals surface area contributed by atoms with Crippen molar-refractivity contribution in [2.24, 2.45) is 0 Å². The first kappa shape index (κ1) is 14.3. The van der Waals surface area contributed by atoms with Crippen molar-refractivity contribution in [2.75, 3.05) is 12.3 Å². The third-order valence-electron chi connectivity index (χ3n) is 3.45. The largest absolute Gasteiger partial charge is 0.394 e. The normalized spacial score (nSPS) is 29.3. The summed E-state index contributed by atoms with van der Waals surface area (Å²) in [6, 6.07) is 1.36. The van der Waals surface area contributed by atoms with Crippen molar-refractivity contribution >= 4 is 28.6 Å². The van der Waals surface area contributed by atoms with E-state index in [-0.39, 0.29) is 22.1 Å². The number of nitrogens with zero attached hydrogens (tertiary/aromatic N) is 2. The van der Waals surface area contributed by atoms with Crippen LogP contribution in [-0.2, 0) is 4.74 Å². The second-order valence-corrected chi connectivity index (χ2v) is 5.14. The molecule has 114 valence electrons. The van der Waals surface area contributed by atoms with Crippen LogP contribution in [0.3, 0.4) is 0 Å². The fraction of sp³-hybridized carbons (Fsp3) is 0.455. The highest BCUT2D eigenvalue weighted by atomic mass is 35.5. The van der Waals surface area contributed by atoms with Gasteiger partial charge in [-0.25, -0.2) is 0 Å². The van der Waals surface area contributed by atoms with Gasteiger partial charge in [0.1, 0.15) is 23.5 Å². The lowest BCUT2D eigenvalue weighted by atomic mass is 10.1. The number of hydrogen-bond donors (Lipinski definition) is 5. The Balaban J connectivity index is 2.17.